The molecule has 0 aliphatic rings. The van der Waals surface area contributed by atoms with Gasteiger partial charge in [-0.05, 0) is 30.8 Å². The zero-order chi connectivity index (χ0) is 15.5. The van der Waals surface area contributed by atoms with Crippen molar-refractivity contribution in [2.75, 3.05) is 7.05 Å². The quantitative estimate of drug-likeness (QED) is 0.825. The molecule has 0 unspecified atom stereocenters. The maximum atomic E-state index is 13.4. The number of hydrogen-bond acceptors (Lipinski definition) is 4. The number of aromatic nitrogens is 2. The first-order valence-electron chi connectivity index (χ1n) is 6.33. The van der Waals surface area contributed by atoms with E-state index in [1.807, 2.05) is 0 Å². The van der Waals surface area contributed by atoms with E-state index in [2.05, 4.69) is 15.1 Å². The normalized spacial score (nSPS) is 11.8. The number of nitrogens with zero attached hydrogens (tertiary/aromatic N) is 2. The van der Waals surface area contributed by atoms with E-state index >= 15 is 0 Å². The first kappa shape index (κ1) is 15.6. The SMILES string of the molecule is CNCc1ccc(F)cc1S(=O)(=O)NCc1ccnn1C. The Bertz CT molecular complexity index is 728. The van der Waals surface area contributed by atoms with Crippen LogP contribution in [0.4, 0.5) is 4.39 Å². The smallest absolute Gasteiger partial charge is 0.241 e. The van der Waals surface area contributed by atoms with Crippen LogP contribution in [0.5, 0.6) is 0 Å². The lowest BCUT2D eigenvalue weighted by Crippen LogP contribution is -2.26. The minimum absolute atomic E-state index is 0.0565. The highest BCUT2D eigenvalue weighted by Gasteiger charge is 2.19. The molecule has 21 heavy (non-hydrogen) atoms. The number of hydrogen-bond donors (Lipinski definition) is 2. The summed E-state index contributed by atoms with van der Waals surface area (Å²) in [5.74, 6) is -0.587. The molecule has 114 valence electrons. The number of sulfonamides is 1. The summed E-state index contributed by atoms with van der Waals surface area (Å²) < 4.78 is 42.1. The van der Waals surface area contributed by atoms with Crippen molar-refractivity contribution in [2.24, 2.45) is 7.05 Å². The average molecular weight is 312 g/mol. The highest BCUT2D eigenvalue weighted by molar-refractivity contribution is 7.89. The maximum absolute atomic E-state index is 13.4. The van der Waals surface area contributed by atoms with Gasteiger partial charge in [0, 0.05) is 19.8 Å². The van der Waals surface area contributed by atoms with E-state index in [-0.39, 0.29) is 11.4 Å². The molecule has 2 aromatic rings. The molecule has 0 amide bonds. The summed E-state index contributed by atoms with van der Waals surface area (Å²) in [7, 11) is -0.382. The zero-order valence-corrected chi connectivity index (χ0v) is 12.6. The molecule has 0 saturated heterocycles. The van der Waals surface area contributed by atoms with Crippen LogP contribution in [0.15, 0.2) is 35.4 Å². The molecule has 0 atom stereocenters. The van der Waals surface area contributed by atoms with Crippen molar-refractivity contribution in [1.82, 2.24) is 19.8 Å². The van der Waals surface area contributed by atoms with Crippen molar-refractivity contribution in [3.05, 3.63) is 47.5 Å². The van der Waals surface area contributed by atoms with Crippen molar-refractivity contribution < 1.29 is 12.8 Å². The van der Waals surface area contributed by atoms with E-state index in [9.17, 15) is 12.8 Å². The first-order chi connectivity index (χ1) is 9.94. The van der Waals surface area contributed by atoms with Crippen LogP contribution in [0.25, 0.3) is 0 Å². The Balaban J connectivity index is 2.26. The van der Waals surface area contributed by atoms with Gasteiger partial charge in [0.1, 0.15) is 5.82 Å². The van der Waals surface area contributed by atoms with Crippen LogP contribution in [-0.2, 0) is 30.2 Å². The molecular weight excluding hydrogens is 295 g/mol. The van der Waals surface area contributed by atoms with Gasteiger partial charge < -0.3 is 5.32 Å². The van der Waals surface area contributed by atoms with Crippen molar-refractivity contribution in [3.63, 3.8) is 0 Å². The van der Waals surface area contributed by atoms with Crippen molar-refractivity contribution in [3.8, 4) is 0 Å². The maximum Gasteiger partial charge on any atom is 0.241 e. The zero-order valence-electron chi connectivity index (χ0n) is 11.8. The molecule has 2 rings (SSSR count). The standard InChI is InChI=1S/C13H17FN4O2S/c1-15-8-10-3-4-11(14)7-13(10)21(19,20)17-9-12-5-6-16-18(12)2/h3-7,15,17H,8-9H2,1-2H3. The van der Waals surface area contributed by atoms with Crippen LogP contribution in [-0.4, -0.2) is 25.2 Å². The molecule has 0 saturated carbocycles. The molecule has 0 bridgehead atoms. The monoisotopic (exact) mass is 312 g/mol. The van der Waals surface area contributed by atoms with Crippen molar-refractivity contribution in [2.45, 2.75) is 18.0 Å². The minimum atomic E-state index is -3.80. The van der Waals surface area contributed by atoms with E-state index in [1.54, 1.807) is 31.0 Å². The van der Waals surface area contributed by atoms with Crippen LogP contribution in [0.2, 0.25) is 0 Å². The fourth-order valence-electron chi connectivity index (χ4n) is 1.94. The summed E-state index contributed by atoms with van der Waals surface area (Å²) in [4.78, 5) is -0.0565. The largest absolute Gasteiger partial charge is 0.316 e. The molecular formula is C13H17FN4O2S. The first-order valence-corrected chi connectivity index (χ1v) is 7.82. The van der Waals surface area contributed by atoms with Crippen LogP contribution in [0.1, 0.15) is 11.3 Å². The van der Waals surface area contributed by atoms with Gasteiger partial charge >= 0.3 is 0 Å². The topological polar surface area (TPSA) is 76.0 Å². The highest BCUT2D eigenvalue weighted by atomic mass is 32.2. The van der Waals surface area contributed by atoms with Gasteiger partial charge in [-0.15, -0.1) is 0 Å². The van der Waals surface area contributed by atoms with Crippen LogP contribution >= 0.6 is 0 Å². The summed E-state index contributed by atoms with van der Waals surface area (Å²) in [5.41, 5.74) is 1.22. The summed E-state index contributed by atoms with van der Waals surface area (Å²) in [6.45, 7) is 0.427. The highest BCUT2D eigenvalue weighted by Crippen LogP contribution is 2.17. The second kappa shape index (κ2) is 6.33. The Kier molecular flexibility index (Phi) is 4.71. The number of halogens is 1. The van der Waals surface area contributed by atoms with Gasteiger partial charge in [0.25, 0.3) is 0 Å². The van der Waals surface area contributed by atoms with Gasteiger partial charge in [-0.25, -0.2) is 17.5 Å². The predicted octanol–water partition coefficient (Wildman–Crippen LogP) is 0.757. The number of benzene rings is 1. The second-order valence-corrected chi connectivity index (χ2v) is 6.29. The van der Waals surface area contributed by atoms with Gasteiger partial charge in [0.15, 0.2) is 0 Å². The lowest BCUT2D eigenvalue weighted by Gasteiger charge is -2.11. The van der Waals surface area contributed by atoms with Crippen LogP contribution in [0.3, 0.4) is 0 Å². The average Bonchev–Trinajstić information content (AvgIpc) is 2.84. The molecule has 2 N–H and O–H groups in total. The molecule has 1 heterocycles. The van der Waals surface area contributed by atoms with E-state index in [1.165, 1.54) is 12.1 Å². The van der Waals surface area contributed by atoms with E-state index in [0.717, 1.165) is 6.07 Å². The molecule has 0 radical (unpaired) electrons. The predicted molar refractivity (Wildman–Crippen MR) is 76.4 cm³/mol. The van der Waals surface area contributed by atoms with Gasteiger partial charge in [-0.2, -0.15) is 5.10 Å². The van der Waals surface area contributed by atoms with E-state index in [4.69, 9.17) is 0 Å². The number of aryl methyl sites for hydroxylation is 1. The second-order valence-electron chi connectivity index (χ2n) is 4.55. The molecule has 0 aliphatic carbocycles. The lowest BCUT2D eigenvalue weighted by atomic mass is 10.2. The van der Waals surface area contributed by atoms with Crippen LogP contribution in [0, 0.1) is 5.82 Å². The Labute approximate surface area is 123 Å². The fourth-order valence-corrected chi connectivity index (χ4v) is 3.18. The molecule has 0 spiro atoms. The third-order valence-electron chi connectivity index (χ3n) is 3.05. The summed E-state index contributed by atoms with van der Waals surface area (Å²) >= 11 is 0. The molecule has 1 aromatic heterocycles. The lowest BCUT2D eigenvalue weighted by molar-refractivity contribution is 0.571. The third-order valence-corrected chi connectivity index (χ3v) is 4.54. The molecule has 1 aromatic carbocycles. The molecule has 8 heteroatoms. The Morgan fingerprint density at radius 2 is 2.05 bits per heavy atom. The number of rotatable bonds is 6. The molecule has 0 aliphatic heterocycles. The van der Waals surface area contributed by atoms with Gasteiger partial charge in [-0.1, -0.05) is 6.07 Å². The fraction of sp³-hybridized carbons (Fsp3) is 0.308. The van der Waals surface area contributed by atoms with Crippen LogP contribution < -0.4 is 10.0 Å². The third kappa shape index (κ3) is 3.66. The number of nitrogens with one attached hydrogen (secondary N) is 2. The van der Waals surface area contributed by atoms with Crippen molar-refractivity contribution in [1.29, 1.82) is 0 Å². The molecule has 0 fully saturated rings. The van der Waals surface area contributed by atoms with Gasteiger partial charge in [0.2, 0.25) is 10.0 Å². The van der Waals surface area contributed by atoms with Crippen molar-refractivity contribution >= 4 is 10.0 Å². The minimum Gasteiger partial charge on any atom is -0.316 e. The Hall–Kier alpha value is -1.77. The van der Waals surface area contributed by atoms with E-state index < -0.39 is 15.8 Å². The Morgan fingerprint density at radius 3 is 2.67 bits per heavy atom. The van der Waals surface area contributed by atoms with E-state index in [0.29, 0.717) is 17.8 Å². The molecule has 6 nitrogen and oxygen atoms in total. The summed E-state index contributed by atoms with van der Waals surface area (Å²) in [6.07, 6.45) is 1.58. The Morgan fingerprint density at radius 1 is 1.29 bits per heavy atom. The van der Waals surface area contributed by atoms with Gasteiger partial charge in [-0.3, -0.25) is 4.68 Å². The summed E-state index contributed by atoms with van der Waals surface area (Å²) in [5, 5.41) is 6.83. The summed E-state index contributed by atoms with van der Waals surface area (Å²) in [6, 6.07) is 5.44. The van der Waals surface area contributed by atoms with Gasteiger partial charge in [0.05, 0.1) is 17.1 Å².